The first-order valence-electron chi connectivity index (χ1n) is 7.52. The summed E-state index contributed by atoms with van der Waals surface area (Å²) in [4.78, 5) is 12.4. The van der Waals surface area contributed by atoms with Crippen molar-refractivity contribution < 1.29 is 4.79 Å². The van der Waals surface area contributed by atoms with Gasteiger partial charge >= 0.3 is 0 Å². The lowest BCUT2D eigenvalue weighted by Crippen LogP contribution is -2.33. The summed E-state index contributed by atoms with van der Waals surface area (Å²) < 4.78 is 0. The standard InChI is InChI=1S/C17H24N2O/c1-2-6-16(15-7-4-3-5-8-15)17(20)19-13-14-9-11-18-12-10-14/h3-5,7-9,16,18H,2,6,10-13H2,1H3,(H,19,20). The molecule has 108 valence electrons. The van der Waals surface area contributed by atoms with Gasteiger partial charge in [0.05, 0.1) is 5.92 Å². The maximum absolute atomic E-state index is 12.4. The van der Waals surface area contributed by atoms with Gasteiger partial charge in [-0.3, -0.25) is 4.79 Å². The molecule has 1 aliphatic rings. The third-order valence-electron chi connectivity index (χ3n) is 3.74. The third-order valence-corrected chi connectivity index (χ3v) is 3.74. The van der Waals surface area contributed by atoms with Crippen LogP contribution in [-0.4, -0.2) is 25.5 Å². The van der Waals surface area contributed by atoms with Crippen LogP contribution in [0.2, 0.25) is 0 Å². The van der Waals surface area contributed by atoms with Crippen molar-refractivity contribution in [1.29, 1.82) is 0 Å². The second kappa shape index (κ2) is 7.85. The van der Waals surface area contributed by atoms with Crippen LogP contribution >= 0.6 is 0 Å². The Bertz CT molecular complexity index is 453. The monoisotopic (exact) mass is 272 g/mol. The molecule has 0 bridgehead atoms. The molecule has 0 saturated carbocycles. The Hall–Kier alpha value is -1.61. The quantitative estimate of drug-likeness (QED) is 0.782. The number of amides is 1. The first-order chi connectivity index (χ1) is 9.81. The number of hydrogen-bond donors (Lipinski definition) is 2. The SMILES string of the molecule is CCCC(C(=O)NCC1=CCNCC1)c1ccccc1. The molecule has 0 spiro atoms. The van der Waals surface area contributed by atoms with E-state index in [-0.39, 0.29) is 11.8 Å². The number of nitrogens with one attached hydrogen (secondary N) is 2. The maximum atomic E-state index is 12.4. The Balaban J connectivity index is 1.95. The van der Waals surface area contributed by atoms with E-state index in [9.17, 15) is 4.79 Å². The van der Waals surface area contributed by atoms with E-state index < -0.39 is 0 Å². The van der Waals surface area contributed by atoms with E-state index in [2.05, 4.69) is 23.6 Å². The summed E-state index contributed by atoms with van der Waals surface area (Å²) in [6.45, 7) is 4.74. The number of hydrogen-bond acceptors (Lipinski definition) is 2. The highest BCUT2D eigenvalue weighted by Gasteiger charge is 2.19. The summed E-state index contributed by atoms with van der Waals surface area (Å²) in [6, 6.07) is 10.1. The zero-order valence-corrected chi connectivity index (χ0v) is 12.2. The lowest BCUT2D eigenvalue weighted by molar-refractivity contribution is -0.122. The Morgan fingerprint density at radius 1 is 1.35 bits per heavy atom. The molecular weight excluding hydrogens is 248 g/mol. The van der Waals surface area contributed by atoms with E-state index in [0.29, 0.717) is 6.54 Å². The molecule has 1 aromatic carbocycles. The molecule has 0 fully saturated rings. The van der Waals surface area contributed by atoms with E-state index in [0.717, 1.165) is 37.9 Å². The lowest BCUT2D eigenvalue weighted by atomic mass is 9.93. The molecule has 1 aromatic rings. The van der Waals surface area contributed by atoms with Crippen LogP contribution in [0.5, 0.6) is 0 Å². The van der Waals surface area contributed by atoms with Gasteiger partial charge in [0.15, 0.2) is 0 Å². The Labute approximate surface area is 121 Å². The molecule has 1 atom stereocenters. The van der Waals surface area contributed by atoms with Crippen LogP contribution in [0.4, 0.5) is 0 Å². The minimum atomic E-state index is -0.0245. The van der Waals surface area contributed by atoms with Crippen LogP contribution in [-0.2, 0) is 4.79 Å². The van der Waals surface area contributed by atoms with Crippen molar-refractivity contribution in [2.45, 2.75) is 32.1 Å². The van der Waals surface area contributed by atoms with E-state index in [1.165, 1.54) is 5.57 Å². The molecule has 2 rings (SSSR count). The first-order valence-corrected chi connectivity index (χ1v) is 7.52. The highest BCUT2D eigenvalue weighted by Crippen LogP contribution is 2.21. The highest BCUT2D eigenvalue weighted by atomic mass is 16.1. The molecule has 3 heteroatoms. The molecule has 1 heterocycles. The van der Waals surface area contributed by atoms with Gasteiger partial charge in [0, 0.05) is 13.1 Å². The molecule has 1 aliphatic heterocycles. The number of benzene rings is 1. The zero-order chi connectivity index (χ0) is 14.2. The summed E-state index contributed by atoms with van der Waals surface area (Å²) in [5, 5.41) is 6.38. The van der Waals surface area contributed by atoms with Crippen molar-refractivity contribution in [3.63, 3.8) is 0 Å². The Morgan fingerprint density at radius 3 is 2.80 bits per heavy atom. The van der Waals surface area contributed by atoms with Crippen LogP contribution in [0.3, 0.4) is 0 Å². The van der Waals surface area contributed by atoms with Gasteiger partial charge in [-0.05, 0) is 24.9 Å². The van der Waals surface area contributed by atoms with Gasteiger partial charge in [-0.2, -0.15) is 0 Å². The lowest BCUT2D eigenvalue weighted by Gasteiger charge is -2.19. The molecule has 0 saturated heterocycles. The molecule has 2 N–H and O–H groups in total. The summed E-state index contributed by atoms with van der Waals surface area (Å²) in [5.74, 6) is 0.126. The highest BCUT2D eigenvalue weighted by molar-refractivity contribution is 5.83. The molecule has 3 nitrogen and oxygen atoms in total. The van der Waals surface area contributed by atoms with E-state index >= 15 is 0 Å². The van der Waals surface area contributed by atoms with Gasteiger partial charge in [-0.25, -0.2) is 0 Å². The summed E-state index contributed by atoms with van der Waals surface area (Å²) in [6.07, 6.45) is 5.13. The summed E-state index contributed by atoms with van der Waals surface area (Å²) in [5.41, 5.74) is 2.45. The van der Waals surface area contributed by atoms with Crippen molar-refractivity contribution in [1.82, 2.24) is 10.6 Å². The minimum absolute atomic E-state index is 0.0245. The largest absolute Gasteiger partial charge is 0.352 e. The average molecular weight is 272 g/mol. The van der Waals surface area contributed by atoms with Crippen molar-refractivity contribution in [2.75, 3.05) is 19.6 Å². The maximum Gasteiger partial charge on any atom is 0.227 e. The van der Waals surface area contributed by atoms with Crippen LogP contribution < -0.4 is 10.6 Å². The van der Waals surface area contributed by atoms with Crippen molar-refractivity contribution >= 4 is 5.91 Å². The molecule has 1 amide bonds. The molecular formula is C17H24N2O. The predicted molar refractivity (Wildman–Crippen MR) is 82.7 cm³/mol. The number of carbonyl (C=O) groups excluding carboxylic acids is 1. The van der Waals surface area contributed by atoms with Gasteiger partial charge in [0.2, 0.25) is 5.91 Å². The van der Waals surface area contributed by atoms with Crippen LogP contribution in [0.1, 0.15) is 37.7 Å². The van der Waals surface area contributed by atoms with Gasteiger partial charge < -0.3 is 10.6 Å². The normalized spacial score (nSPS) is 16.4. The van der Waals surface area contributed by atoms with Crippen LogP contribution in [0.15, 0.2) is 42.0 Å². The van der Waals surface area contributed by atoms with E-state index in [1.807, 2.05) is 30.3 Å². The van der Waals surface area contributed by atoms with Gasteiger partial charge in [-0.1, -0.05) is 55.3 Å². The molecule has 1 unspecified atom stereocenters. The van der Waals surface area contributed by atoms with Gasteiger partial charge in [0.1, 0.15) is 0 Å². The minimum Gasteiger partial charge on any atom is -0.352 e. The van der Waals surface area contributed by atoms with Gasteiger partial charge in [-0.15, -0.1) is 0 Å². The summed E-state index contributed by atoms with van der Waals surface area (Å²) >= 11 is 0. The fourth-order valence-electron chi connectivity index (χ4n) is 2.58. The smallest absolute Gasteiger partial charge is 0.227 e. The Morgan fingerprint density at radius 2 is 2.15 bits per heavy atom. The Kier molecular flexibility index (Phi) is 5.81. The molecule has 20 heavy (non-hydrogen) atoms. The third kappa shape index (κ3) is 4.20. The fraction of sp³-hybridized carbons (Fsp3) is 0.471. The average Bonchev–Trinajstić information content (AvgIpc) is 2.52. The predicted octanol–water partition coefficient (Wildman–Crippen LogP) is 2.61. The molecule has 0 radical (unpaired) electrons. The zero-order valence-electron chi connectivity index (χ0n) is 12.2. The number of rotatable bonds is 6. The first kappa shape index (κ1) is 14.8. The number of carbonyl (C=O) groups is 1. The topological polar surface area (TPSA) is 41.1 Å². The van der Waals surface area contributed by atoms with Crippen molar-refractivity contribution in [3.8, 4) is 0 Å². The second-order valence-electron chi connectivity index (χ2n) is 5.29. The van der Waals surface area contributed by atoms with Crippen LogP contribution in [0, 0.1) is 0 Å². The second-order valence-corrected chi connectivity index (χ2v) is 5.29. The molecule has 0 aromatic heterocycles. The van der Waals surface area contributed by atoms with Crippen LogP contribution in [0.25, 0.3) is 0 Å². The van der Waals surface area contributed by atoms with Gasteiger partial charge in [0.25, 0.3) is 0 Å². The fourth-order valence-corrected chi connectivity index (χ4v) is 2.58. The van der Waals surface area contributed by atoms with Crippen molar-refractivity contribution in [3.05, 3.63) is 47.5 Å². The molecule has 0 aliphatic carbocycles. The summed E-state index contributed by atoms with van der Waals surface area (Å²) in [7, 11) is 0. The van der Waals surface area contributed by atoms with Crippen molar-refractivity contribution in [2.24, 2.45) is 0 Å². The van der Waals surface area contributed by atoms with E-state index in [4.69, 9.17) is 0 Å². The van der Waals surface area contributed by atoms with E-state index in [1.54, 1.807) is 0 Å².